The van der Waals surface area contributed by atoms with Crippen LogP contribution in [0, 0.1) is 5.92 Å². The van der Waals surface area contributed by atoms with Crippen molar-refractivity contribution >= 4 is 12.1 Å². The lowest BCUT2D eigenvalue weighted by Crippen LogP contribution is -2.28. The Bertz CT molecular complexity index is 488. The van der Waals surface area contributed by atoms with Gasteiger partial charge in [0.05, 0.1) is 6.21 Å². The quantitative estimate of drug-likeness (QED) is 0.495. The highest BCUT2D eigenvalue weighted by Crippen LogP contribution is 2.23. The molecule has 0 spiro atoms. The lowest BCUT2D eigenvalue weighted by molar-refractivity contribution is -0.125. The van der Waals surface area contributed by atoms with Gasteiger partial charge in [-0.15, -0.1) is 0 Å². The van der Waals surface area contributed by atoms with Gasteiger partial charge in [0.1, 0.15) is 12.4 Å². The third kappa shape index (κ3) is 5.06. The molecule has 4 nitrogen and oxygen atoms in total. The van der Waals surface area contributed by atoms with E-state index in [2.05, 4.69) is 17.1 Å². The zero-order chi connectivity index (χ0) is 14.9. The van der Waals surface area contributed by atoms with E-state index in [9.17, 15) is 4.79 Å². The Labute approximate surface area is 125 Å². The second-order valence-electron chi connectivity index (χ2n) is 5.24. The molecule has 1 N–H and O–H groups in total. The molecule has 0 heterocycles. The third-order valence-corrected chi connectivity index (χ3v) is 3.61. The Morgan fingerprint density at radius 2 is 2.00 bits per heavy atom. The van der Waals surface area contributed by atoms with Crippen molar-refractivity contribution in [3.05, 3.63) is 42.5 Å². The van der Waals surface area contributed by atoms with E-state index in [4.69, 9.17) is 4.74 Å². The summed E-state index contributed by atoms with van der Waals surface area (Å²) in [6.45, 7) is 4.09. The topological polar surface area (TPSA) is 50.7 Å². The molecule has 1 aromatic carbocycles. The predicted molar refractivity (Wildman–Crippen MR) is 84.4 cm³/mol. The van der Waals surface area contributed by atoms with Crippen molar-refractivity contribution in [3.63, 3.8) is 0 Å². The van der Waals surface area contributed by atoms with Crippen molar-refractivity contribution in [1.29, 1.82) is 0 Å². The van der Waals surface area contributed by atoms with Gasteiger partial charge in [0.15, 0.2) is 0 Å². The van der Waals surface area contributed by atoms with Gasteiger partial charge in [-0.25, -0.2) is 5.43 Å². The zero-order valence-electron chi connectivity index (χ0n) is 12.3. The number of hydrogen-bond acceptors (Lipinski definition) is 3. The fourth-order valence-corrected chi connectivity index (χ4v) is 2.43. The summed E-state index contributed by atoms with van der Waals surface area (Å²) < 4.78 is 5.40. The predicted octanol–water partition coefficient (Wildman–Crippen LogP) is 3.28. The van der Waals surface area contributed by atoms with E-state index in [1.165, 1.54) is 6.42 Å². The number of nitrogens with zero attached hydrogens (tertiary/aromatic N) is 1. The molecule has 4 heteroatoms. The van der Waals surface area contributed by atoms with Crippen molar-refractivity contribution < 1.29 is 9.53 Å². The standard InChI is InChI=1S/C17H22N2O2/c1-2-12-21-16-10-8-14(9-11-16)13-18-19-17(20)15-6-4-3-5-7-15/h2,8-11,13,15H,1,3-7,12H2,(H,19,20)/b18-13-. The van der Waals surface area contributed by atoms with E-state index in [-0.39, 0.29) is 11.8 Å². The van der Waals surface area contributed by atoms with Crippen molar-refractivity contribution in [1.82, 2.24) is 5.43 Å². The Morgan fingerprint density at radius 3 is 2.67 bits per heavy atom. The molecule has 2 rings (SSSR count). The molecule has 0 aliphatic heterocycles. The van der Waals surface area contributed by atoms with Gasteiger partial charge in [0.25, 0.3) is 0 Å². The van der Waals surface area contributed by atoms with Crippen LogP contribution in [0.2, 0.25) is 0 Å². The Morgan fingerprint density at radius 1 is 1.29 bits per heavy atom. The lowest BCUT2D eigenvalue weighted by atomic mass is 9.89. The van der Waals surface area contributed by atoms with E-state index in [1.54, 1.807) is 12.3 Å². The summed E-state index contributed by atoms with van der Waals surface area (Å²) in [7, 11) is 0. The van der Waals surface area contributed by atoms with E-state index < -0.39 is 0 Å². The van der Waals surface area contributed by atoms with Crippen LogP contribution in [0.15, 0.2) is 42.0 Å². The molecule has 1 aliphatic rings. The smallest absolute Gasteiger partial charge is 0.243 e. The average Bonchev–Trinajstić information content (AvgIpc) is 2.55. The maximum atomic E-state index is 11.9. The summed E-state index contributed by atoms with van der Waals surface area (Å²) in [6.07, 6.45) is 8.86. The van der Waals surface area contributed by atoms with E-state index >= 15 is 0 Å². The minimum Gasteiger partial charge on any atom is -0.490 e. The monoisotopic (exact) mass is 286 g/mol. The summed E-state index contributed by atoms with van der Waals surface area (Å²) >= 11 is 0. The van der Waals surface area contributed by atoms with Gasteiger partial charge < -0.3 is 4.74 Å². The van der Waals surface area contributed by atoms with Crippen LogP contribution in [0.1, 0.15) is 37.7 Å². The summed E-state index contributed by atoms with van der Waals surface area (Å²) in [4.78, 5) is 11.9. The van der Waals surface area contributed by atoms with Crippen LogP contribution in [0.3, 0.4) is 0 Å². The van der Waals surface area contributed by atoms with Crippen LogP contribution >= 0.6 is 0 Å². The Hall–Kier alpha value is -2.10. The van der Waals surface area contributed by atoms with Crippen molar-refractivity contribution in [2.24, 2.45) is 11.0 Å². The molecule has 1 fully saturated rings. The van der Waals surface area contributed by atoms with Crippen molar-refractivity contribution in [2.75, 3.05) is 6.61 Å². The van der Waals surface area contributed by atoms with Crippen molar-refractivity contribution in [3.8, 4) is 5.75 Å². The number of carbonyl (C=O) groups excluding carboxylic acids is 1. The lowest BCUT2D eigenvalue weighted by Gasteiger charge is -2.19. The maximum Gasteiger partial charge on any atom is 0.243 e. The first-order chi connectivity index (χ1) is 10.3. The highest BCUT2D eigenvalue weighted by Gasteiger charge is 2.20. The average molecular weight is 286 g/mol. The third-order valence-electron chi connectivity index (χ3n) is 3.61. The number of hydrazone groups is 1. The number of rotatable bonds is 6. The molecule has 0 radical (unpaired) electrons. The number of ether oxygens (including phenoxy) is 1. The minimum atomic E-state index is 0.0388. The normalized spacial score (nSPS) is 15.8. The summed E-state index contributed by atoms with van der Waals surface area (Å²) in [5, 5.41) is 4.03. The molecule has 0 unspecified atom stereocenters. The first-order valence-electron chi connectivity index (χ1n) is 7.46. The van der Waals surface area contributed by atoms with Gasteiger partial charge in [-0.2, -0.15) is 5.10 Å². The Kier molecular flexibility index (Phi) is 6.00. The molecule has 0 saturated heterocycles. The molecule has 0 bridgehead atoms. The molecule has 21 heavy (non-hydrogen) atoms. The van der Waals surface area contributed by atoms with Crippen LogP contribution < -0.4 is 10.2 Å². The fraction of sp³-hybridized carbons (Fsp3) is 0.412. The number of nitrogens with one attached hydrogen (secondary N) is 1. The Balaban J connectivity index is 1.80. The SMILES string of the molecule is C=CCOc1ccc(/C=N\NC(=O)C2CCCCC2)cc1. The molecule has 0 aromatic heterocycles. The van der Waals surface area contributed by atoms with Gasteiger partial charge in [0.2, 0.25) is 5.91 Å². The van der Waals surface area contributed by atoms with E-state index in [0.717, 1.165) is 37.0 Å². The van der Waals surface area contributed by atoms with Crippen LogP contribution in [-0.4, -0.2) is 18.7 Å². The van der Waals surface area contributed by atoms with Gasteiger partial charge in [-0.1, -0.05) is 31.9 Å². The van der Waals surface area contributed by atoms with Gasteiger partial charge in [-0.3, -0.25) is 4.79 Å². The van der Waals surface area contributed by atoms with Crippen LogP contribution in [-0.2, 0) is 4.79 Å². The molecule has 1 aliphatic carbocycles. The first-order valence-corrected chi connectivity index (χ1v) is 7.46. The zero-order valence-corrected chi connectivity index (χ0v) is 12.3. The van der Waals surface area contributed by atoms with E-state index in [1.807, 2.05) is 24.3 Å². The van der Waals surface area contributed by atoms with Crippen molar-refractivity contribution in [2.45, 2.75) is 32.1 Å². The van der Waals surface area contributed by atoms with Gasteiger partial charge in [0, 0.05) is 5.92 Å². The molecular weight excluding hydrogens is 264 g/mol. The highest BCUT2D eigenvalue weighted by atomic mass is 16.5. The summed E-state index contributed by atoms with van der Waals surface area (Å²) in [5.74, 6) is 0.959. The van der Waals surface area contributed by atoms with Gasteiger partial charge in [-0.05, 0) is 42.7 Å². The first kappa shape index (κ1) is 15.3. The number of benzene rings is 1. The van der Waals surface area contributed by atoms with Crippen LogP contribution in [0.25, 0.3) is 0 Å². The molecule has 1 saturated carbocycles. The summed E-state index contributed by atoms with van der Waals surface area (Å²) in [6, 6.07) is 7.53. The molecule has 1 amide bonds. The van der Waals surface area contributed by atoms with E-state index in [0.29, 0.717) is 6.61 Å². The molecule has 0 atom stereocenters. The molecule has 112 valence electrons. The largest absolute Gasteiger partial charge is 0.490 e. The highest BCUT2D eigenvalue weighted by molar-refractivity contribution is 5.83. The number of carbonyl (C=O) groups is 1. The molecular formula is C17H22N2O2. The second-order valence-corrected chi connectivity index (χ2v) is 5.24. The molecule has 1 aromatic rings. The maximum absolute atomic E-state index is 11.9. The number of amides is 1. The minimum absolute atomic E-state index is 0.0388. The fourth-order valence-electron chi connectivity index (χ4n) is 2.43. The number of hydrogen-bond donors (Lipinski definition) is 1. The second kappa shape index (κ2) is 8.25. The van der Waals surface area contributed by atoms with Crippen LogP contribution in [0.4, 0.5) is 0 Å². The summed E-state index contributed by atoms with van der Waals surface area (Å²) in [5.41, 5.74) is 3.56. The van der Waals surface area contributed by atoms with Gasteiger partial charge >= 0.3 is 0 Å². The van der Waals surface area contributed by atoms with Crippen LogP contribution in [0.5, 0.6) is 5.75 Å².